The first kappa shape index (κ1) is 14.0. The summed E-state index contributed by atoms with van der Waals surface area (Å²) in [7, 11) is 0. The molecule has 0 radical (unpaired) electrons. The SMILES string of the molecule is Cc1ccc(NC(=S)Nc2ccc(C#N)cc2)cc1F. The summed E-state index contributed by atoms with van der Waals surface area (Å²) in [6.07, 6.45) is 0. The number of rotatable bonds is 2. The molecule has 0 amide bonds. The zero-order valence-electron chi connectivity index (χ0n) is 10.8. The van der Waals surface area contributed by atoms with Crippen molar-refractivity contribution >= 4 is 28.7 Å². The summed E-state index contributed by atoms with van der Waals surface area (Å²) >= 11 is 5.15. The molecule has 2 N–H and O–H groups in total. The van der Waals surface area contributed by atoms with Gasteiger partial charge in [-0.2, -0.15) is 5.26 Å². The van der Waals surface area contributed by atoms with Gasteiger partial charge in [-0.05, 0) is 61.1 Å². The molecule has 2 aromatic rings. The quantitative estimate of drug-likeness (QED) is 0.824. The average molecular weight is 285 g/mol. The largest absolute Gasteiger partial charge is 0.332 e. The van der Waals surface area contributed by atoms with E-state index in [0.717, 1.165) is 5.69 Å². The fourth-order valence-electron chi connectivity index (χ4n) is 1.59. The van der Waals surface area contributed by atoms with E-state index in [4.69, 9.17) is 17.5 Å². The average Bonchev–Trinajstić information content (AvgIpc) is 2.44. The van der Waals surface area contributed by atoms with Crippen molar-refractivity contribution in [3.8, 4) is 6.07 Å². The van der Waals surface area contributed by atoms with Crippen molar-refractivity contribution in [3.63, 3.8) is 0 Å². The van der Waals surface area contributed by atoms with Crippen molar-refractivity contribution in [3.05, 3.63) is 59.4 Å². The predicted molar refractivity (Wildman–Crippen MR) is 82.1 cm³/mol. The van der Waals surface area contributed by atoms with Crippen molar-refractivity contribution < 1.29 is 4.39 Å². The zero-order chi connectivity index (χ0) is 14.5. The van der Waals surface area contributed by atoms with Crippen LogP contribution in [0.3, 0.4) is 0 Å². The minimum Gasteiger partial charge on any atom is -0.332 e. The lowest BCUT2D eigenvalue weighted by atomic mass is 10.2. The molecular weight excluding hydrogens is 273 g/mol. The molecule has 0 heterocycles. The first-order valence-electron chi connectivity index (χ1n) is 5.93. The number of thiocarbonyl (C=S) groups is 1. The number of aryl methyl sites for hydroxylation is 1. The van der Waals surface area contributed by atoms with Crippen LogP contribution in [0.4, 0.5) is 15.8 Å². The van der Waals surface area contributed by atoms with Gasteiger partial charge in [0.05, 0.1) is 11.6 Å². The van der Waals surface area contributed by atoms with Crippen LogP contribution < -0.4 is 10.6 Å². The van der Waals surface area contributed by atoms with Crippen molar-refractivity contribution in [1.29, 1.82) is 5.26 Å². The third-order valence-corrected chi connectivity index (χ3v) is 2.91. The molecule has 2 rings (SSSR count). The molecule has 0 aliphatic heterocycles. The summed E-state index contributed by atoms with van der Waals surface area (Å²) in [6.45, 7) is 1.70. The number of hydrogen-bond donors (Lipinski definition) is 2. The molecule has 0 aliphatic carbocycles. The highest BCUT2D eigenvalue weighted by Crippen LogP contribution is 2.14. The van der Waals surface area contributed by atoms with Crippen LogP contribution in [0.25, 0.3) is 0 Å². The highest BCUT2D eigenvalue weighted by molar-refractivity contribution is 7.80. The fraction of sp³-hybridized carbons (Fsp3) is 0.0667. The maximum Gasteiger partial charge on any atom is 0.175 e. The molecule has 0 bridgehead atoms. The Balaban J connectivity index is 2.01. The lowest BCUT2D eigenvalue weighted by Gasteiger charge is -2.11. The number of nitriles is 1. The molecule has 0 unspecified atom stereocenters. The number of nitrogens with one attached hydrogen (secondary N) is 2. The van der Waals surface area contributed by atoms with Gasteiger partial charge in [0.25, 0.3) is 0 Å². The van der Waals surface area contributed by atoms with E-state index in [-0.39, 0.29) is 5.82 Å². The van der Waals surface area contributed by atoms with Gasteiger partial charge in [-0.25, -0.2) is 4.39 Å². The smallest absolute Gasteiger partial charge is 0.175 e. The molecule has 0 aliphatic rings. The highest BCUT2D eigenvalue weighted by atomic mass is 32.1. The molecule has 5 heteroatoms. The van der Waals surface area contributed by atoms with Gasteiger partial charge in [-0.15, -0.1) is 0 Å². The van der Waals surface area contributed by atoms with Crippen LogP contribution in [0.5, 0.6) is 0 Å². The van der Waals surface area contributed by atoms with Gasteiger partial charge < -0.3 is 10.6 Å². The summed E-state index contributed by atoms with van der Waals surface area (Å²) < 4.78 is 13.4. The van der Waals surface area contributed by atoms with Crippen LogP contribution in [-0.4, -0.2) is 5.11 Å². The lowest BCUT2D eigenvalue weighted by Crippen LogP contribution is -2.19. The first-order valence-corrected chi connectivity index (χ1v) is 6.33. The van der Waals surface area contributed by atoms with Crippen LogP contribution in [0.2, 0.25) is 0 Å². The van der Waals surface area contributed by atoms with E-state index in [2.05, 4.69) is 10.6 Å². The Hall–Kier alpha value is -2.45. The number of nitrogens with zero attached hydrogens (tertiary/aromatic N) is 1. The van der Waals surface area contributed by atoms with Crippen molar-refractivity contribution in [2.45, 2.75) is 6.92 Å². The zero-order valence-corrected chi connectivity index (χ0v) is 11.6. The van der Waals surface area contributed by atoms with E-state index in [1.165, 1.54) is 6.07 Å². The van der Waals surface area contributed by atoms with Crippen molar-refractivity contribution in [2.75, 3.05) is 10.6 Å². The van der Waals surface area contributed by atoms with Crippen molar-refractivity contribution in [1.82, 2.24) is 0 Å². The molecule has 0 saturated heterocycles. The Morgan fingerprint density at radius 2 is 1.70 bits per heavy atom. The summed E-state index contributed by atoms with van der Waals surface area (Å²) in [4.78, 5) is 0. The van der Waals surface area contributed by atoms with Gasteiger partial charge in [0.2, 0.25) is 0 Å². The van der Waals surface area contributed by atoms with E-state index >= 15 is 0 Å². The molecule has 0 aromatic heterocycles. The Morgan fingerprint density at radius 3 is 2.30 bits per heavy atom. The van der Waals surface area contributed by atoms with Crippen molar-refractivity contribution in [2.24, 2.45) is 0 Å². The maximum atomic E-state index is 13.4. The Morgan fingerprint density at radius 1 is 1.10 bits per heavy atom. The highest BCUT2D eigenvalue weighted by Gasteiger charge is 2.02. The van der Waals surface area contributed by atoms with Crippen LogP contribution in [0, 0.1) is 24.1 Å². The summed E-state index contributed by atoms with van der Waals surface area (Å²) in [5.41, 5.74) is 2.50. The fourth-order valence-corrected chi connectivity index (χ4v) is 1.83. The van der Waals surface area contributed by atoms with Crippen LogP contribution in [-0.2, 0) is 0 Å². The lowest BCUT2D eigenvalue weighted by molar-refractivity contribution is 0.619. The Bertz CT molecular complexity index is 675. The van der Waals surface area contributed by atoms with Gasteiger partial charge in [0.15, 0.2) is 5.11 Å². The molecule has 100 valence electrons. The number of benzene rings is 2. The van der Waals surface area contributed by atoms with Gasteiger partial charge >= 0.3 is 0 Å². The first-order chi connectivity index (χ1) is 9.58. The summed E-state index contributed by atoms with van der Waals surface area (Å²) in [5.74, 6) is -0.281. The Kier molecular flexibility index (Phi) is 4.28. The molecule has 20 heavy (non-hydrogen) atoms. The van der Waals surface area contributed by atoms with E-state index in [1.807, 2.05) is 6.07 Å². The minimum absolute atomic E-state index is 0.281. The summed E-state index contributed by atoms with van der Waals surface area (Å²) in [5, 5.41) is 14.9. The molecule has 2 aromatic carbocycles. The second kappa shape index (κ2) is 6.13. The monoisotopic (exact) mass is 285 g/mol. The maximum absolute atomic E-state index is 13.4. The normalized spacial score (nSPS) is 9.65. The second-order valence-electron chi connectivity index (χ2n) is 4.23. The topological polar surface area (TPSA) is 47.8 Å². The number of hydrogen-bond acceptors (Lipinski definition) is 2. The van der Waals surface area contributed by atoms with E-state index in [1.54, 1.807) is 43.3 Å². The molecule has 0 atom stereocenters. The molecular formula is C15H12FN3S. The molecule has 0 saturated carbocycles. The second-order valence-corrected chi connectivity index (χ2v) is 4.64. The van der Waals surface area contributed by atoms with Gasteiger partial charge in [-0.3, -0.25) is 0 Å². The molecule has 0 spiro atoms. The minimum atomic E-state index is -0.281. The van der Waals surface area contributed by atoms with E-state index in [0.29, 0.717) is 21.9 Å². The van der Waals surface area contributed by atoms with Gasteiger partial charge in [0, 0.05) is 11.4 Å². The molecule has 0 fully saturated rings. The molecule has 3 nitrogen and oxygen atoms in total. The third-order valence-electron chi connectivity index (χ3n) is 2.70. The van der Waals surface area contributed by atoms with Crippen LogP contribution in [0.1, 0.15) is 11.1 Å². The predicted octanol–water partition coefficient (Wildman–Crippen LogP) is 3.81. The van der Waals surface area contributed by atoms with Crippen LogP contribution >= 0.6 is 12.2 Å². The standard InChI is InChI=1S/C15H12FN3S/c1-10-2-5-13(8-14(10)16)19-15(20)18-12-6-3-11(9-17)4-7-12/h2-8H,1H3,(H2,18,19,20). The van der Waals surface area contributed by atoms with Crippen LogP contribution in [0.15, 0.2) is 42.5 Å². The van der Waals surface area contributed by atoms with Gasteiger partial charge in [0.1, 0.15) is 5.82 Å². The number of halogens is 1. The summed E-state index contributed by atoms with van der Waals surface area (Å²) in [6, 6.07) is 13.8. The number of anilines is 2. The Labute approximate surface area is 122 Å². The van der Waals surface area contributed by atoms with E-state index in [9.17, 15) is 4.39 Å². The third kappa shape index (κ3) is 3.53. The van der Waals surface area contributed by atoms with E-state index < -0.39 is 0 Å². The van der Waals surface area contributed by atoms with Gasteiger partial charge in [-0.1, -0.05) is 6.07 Å².